The summed E-state index contributed by atoms with van der Waals surface area (Å²) >= 11 is 0. The Balaban J connectivity index is 2.20. The van der Waals surface area contributed by atoms with Crippen molar-refractivity contribution in [3.05, 3.63) is 36.2 Å². The molecule has 3 aromatic rings. The highest BCUT2D eigenvalue weighted by atomic mass is 16.5. The molecule has 1 heterocycles. The van der Waals surface area contributed by atoms with Gasteiger partial charge in [0, 0.05) is 23.1 Å². The van der Waals surface area contributed by atoms with Crippen LogP contribution in [0.15, 0.2) is 30.3 Å². The number of hydrogen-bond donors (Lipinski definition) is 1. The maximum atomic E-state index is 5.50. The number of nitrogens with zero attached hydrogens (tertiary/aromatic N) is 2. The Hall–Kier alpha value is -3.06. The van der Waals surface area contributed by atoms with Crippen molar-refractivity contribution in [2.24, 2.45) is 0 Å². The average Bonchev–Trinajstić information content (AvgIpc) is 2.80. The molecule has 0 aliphatic carbocycles. The van der Waals surface area contributed by atoms with Crippen LogP contribution in [0.5, 0.6) is 23.0 Å². The Morgan fingerprint density at radius 3 is 2.10 bits per heavy atom. The standard InChI is InChI=1S/C23H29N3O4/c1-7-14(2)24-13-22-25-17-12-21(30-6)20(29-5)11-16(17)23(26-22)15-8-9-18(27-3)19(10-15)28-4/h8-12,14,24H,7,13H2,1-6H3. The van der Waals surface area contributed by atoms with Crippen molar-refractivity contribution in [3.8, 4) is 34.3 Å². The van der Waals surface area contributed by atoms with Gasteiger partial charge in [-0.1, -0.05) is 6.92 Å². The van der Waals surface area contributed by atoms with Crippen molar-refractivity contribution < 1.29 is 18.9 Å². The molecule has 0 fully saturated rings. The van der Waals surface area contributed by atoms with Gasteiger partial charge in [0.2, 0.25) is 0 Å². The summed E-state index contributed by atoms with van der Waals surface area (Å²) in [5, 5.41) is 4.33. The number of hydrogen-bond acceptors (Lipinski definition) is 7. The molecule has 160 valence electrons. The van der Waals surface area contributed by atoms with E-state index in [0.29, 0.717) is 41.4 Å². The molecule has 0 amide bonds. The highest BCUT2D eigenvalue weighted by Crippen LogP contribution is 2.38. The molecule has 1 unspecified atom stereocenters. The molecule has 0 bridgehead atoms. The number of methoxy groups -OCH3 is 4. The summed E-state index contributed by atoms with van der Waals surface area (Å²) in [6.07, 6.45) is 1.03. The summed E-state index contributed by atoms with van der Waals surface area (Å²) in [5.41, 5.74) is 2.48. The van der Waals surface area contributed by atoms with E-state index in [-0.39, 0.29) is 0 Å². The lowest BCUT2D eigenvalue weighted by molar-refractivity contribution is 0.355. The van der Waals surface area contributed by atoms with Crippen molar-refractivity contribution >= 4 is 10.9 Å². The first-order valence-electron chi connectivity index (χ1n) is 9.93. The van der Waals surface area contributed by atoms with Crippen LogP contribution in [0.2, 0.25) is 0 Å². The predicted molar refractivity (Wildman–Crippen MR) is 118 cm³/mol. The predicted octanol–water partition coefficient (Wildman–Crippen LogP) is 4.22. The van der Waals surface area contributed by atoms with E-state index < -0.39 is 0 Å². The Kier molecular flexibility index (Phi) is 6.95. The van der Waals surface area contributed by atoms with Gasteiger partial charge in [0.15, 0.2) is 23.0 Å². The first-order valence-corrected chi connectivity index (χ1v) is 9.93. The van der Waals surface area contributed by atoms with Gasteiger partial charge in [0.05, 0.1) is 46.2 Å². The summed E-state index contributed by atoms with van der Waals surface area (Å²) in [6.45, 7) is 4.86. The lowest BCUT2D eigenvalue weighted by atomic mass is 10.0. The quantitative estimate of drug-likeness (QED) is 0.565. The smallest absolute Gasteiger partial charge is 0.162 e. The van der Waals surface area contributed by atoms with Crippen molar-refractivity contribution in [2.45, 2.75) is 32.9 Å². The van der Waals surface area contributed by atoms with E-state index >= 15 is 0 Å². The zero-order chi connectivity index (χ0) is 21.7. The van der Waals surface area contributed by atoms with Gasteiger partial charge >= 0.3 is 0 Å². The van der Waals surface area contributed by atoms with Crippen LogP contribution in [0.4, 0.5) is 0 Å². The van der Waals surface area contributed by atoms with Gasteiger partial charge in [-0.15, -0.1) is 0 Å². The highest BCUT2D eigenvalue weighted by Gasteiger charge is 2.16. The maximum absolute atomic E-state index is 5.50. The number of ether oxygens (including phenoxy) is 4. The molecule has 1 atom stereocenters. The summed E-state index contributed by atoms with van der Waals surface area (Å²) in [5.74, 6) is 3.27. The maximum Gasteiger partial charge on any atom is 0.162 e. The Labute approximate surface area is 177 Å². The van der Waals surface area contributed by atoms with Crippen molar-refractivity contribution in [1.29, 1.82) is 0 Å². The molecule has 30 heavy (non-hydrogen) atoms. The van der Waals surface area contributed by atoms with Crippen molar-refractivity contribution in [2.75, 3.05) is 28.4 Å². The van der Waals surface area contributed by atoms with E-state index in [1.165, 1.54) is 0 Å². The SMILES string of the molecule is CCC(C)NCc1nc(-c2ccc(OC)c(OC)c2)c2cc(OC)c(OC)cc2n1. The van der Waals surface area contributed by atoms with Crippen molar-refractivity contribution in [3.63, 3.8) is 0 Å². The van der Waals surface area contributed by atoms with Gasteiger partial charge < -0.3 is 24.3 Å². The molecule has 0 aliphatic rings. The second-order valence-corrected chi connectivity index (χ2v) is 6.97. The number of nitrogens with one attached hydrogen (secondary N) is 1. The topological polar surface area (TPSA) is 74.7 Å². The van der Waals surface area contributed by atoms with Gasteiger partial charge in [-0.2, -0.15) is 0 Å². The minimum Gasteiger partial charge on any atom is -0.493 e. The minimum absolute atomic E-state index is 0.374. The minimum atomic E-state index is 0.374. The van der Waals surface area contributed by atoms with Crippen LogP contribution in [0.1, 0.15) is 26.1 Å². The normalized spacial score (nSPS) is 11.9. The van der Waals surface area contributed by atoms with Crippen LogP contribution in [-0.4, -0.2) is 44.4 Å². The molecule has 0 radical (unpaired) electrons. The van der Waals surface area contributed by atoms with E-state index in [9.17, 15) is 0 Å². The van der Waals surface area contributed by atoms with Crippen LogP contribution in [-0.2, 0) is 6.54 Å². The van der Waals surface area contributed by atoms with Gasteiger partial charge in [0.1, 0.15) is 5.82 Å². The van der Waals surface area contributed by atoms with E-state index in [1.807, 2.05) is 30.3 Å². The molecule has 3 rings (SSSR count). The summed E-state index contributed by atoms with van der Waals surface area (Å²) in [6, 6.07) is 9.92. The zero-order valence-corrected chi connectivity index (χ0v) is 18.4. The van der Waals surface area contributed by atoms with E-state index in [0.717, 1.165) is 28.6 Å². The summed E-state index contributed by atoms with van der Waals surface area (Å²) < 4.78 is 21.8. The van der Waals surface area contributed by atoms with Crippen molar-refractivity contribution in [1.82, 2.24) is 15.3 Å². The van der Waals surface area contributed by atoms with Crippen LogP contribution in [0.25, 0.3) is 22.2 Å². The average molecular weight is 412 g/mol. The molecule has 0 saturated carbocycles. The molecule has 0 aliphatic heterocycles. The fourth-order valence-electron chi connectivity index (χ4n) is 3.20. The number of fused-ring (bicyclic) bond motifs is 1. The summed E-state index contributed by atoms with van der Waals surface area (Å²) in [7, 11) is 6.47. The molecule has 0 spiro atoms. The number of aromatic nitrogens is 2. The molecule has 0 saturated heterocycles. The third-order valence-corrected chi connectivity index (χ3v) is 5.13. The molecule has 7 heteroatoms. The van der Waals surface area contributed by atoms with Gasteiger partial charge in [-0.05, 0) is 37.6 Å². The largest absolute Gasteiger partial charge is 0.493 e. The summed E-state index contributed by atoms with van der Waals surface area (Å²) in [4.78, 5) is 9.64. The third kappa shape index (κ3) is 4.41. The molecule has 1 N–H and O–H groups in total. The van der Waals surface area contributed by atoms with Crippen LogP contribution >= 0.6 is 0 Å². The van der Waals surface area contributed by atoms with Gasteiger partial charge in [-0.25, -0.2) is 9.97 Å². The fourth-order valence-corrected chi connectivity index (χ4v) is 3.20. The van der Waals surface area contributed by atoms with Gasteiger partial charge in [0.25, 0.3) is 0 Å². The number of rotatable bonds is 9. The van der Waals surface area contributed by atoms with Crippen LogP contribution in [0, 0.1) is 0 Å². The fraction of sp³-hybridized carbons (Fsp3) is 0.391. The van der Waals surface area contributed by atoms with Crippen LogP contribution in [0.3, 0.4) is 0 Å². The third-order valence-electron chi connectivity index (χ3n) is 5.13. The van der Waals surface area contributed by atoms with E-state index in [1.54, 1.807) is 28.4 Å². The highest BCUT2D eigenvalue weighted by molar-refractivity contribution is 5.94. The first kappa shape index (κ1) is 21.6. The lowest BCUT2D eigenvalue weighted by Gasteiger charge is -2.15. The Bertz CT molecular complexity index is 1020. The lowest BCUT2D eigenvalue weighted by Crippen LogP contribution is -2.25. The Morgan fingerprint density at radius 2 is 1.47 bits per heavy atom. The van der Waals surface area contributed by atoms with E-state index in [2.05, 4.69) is 19.2 Å². The Morgan fingerprint density at radius 1 is 0.833 bits per heavy atom. The molecular weight excluding hydrogens is 382 g/mol. The molecule has 1 aromatic heterocycles. The van der Waals surface area contributed by atoms with Gasteiger partial charge in [-0.3, -0.25) is 0 Å². The second-order valence-electron chi connectivity index (χ2n) is 6.97. The first-order chi connectivity index (χ1) is 14.5. The molecular formula is C23H29N3O4. The second kappa shape index (κ2) is 9.63. The molecule has 2 aromatic carbocycles. The number of benzene rings is 2. The molecule has 7 nitrogen and oxygen atoms in total. The van der Waals surface area contributed by atoms with Crippen LogP contribution < -0.4 is 24.3 Å². The van der Waals surface area contributed by atoms with E-state index in [4.69, 9.17) is 28.9 Å². The zero-order valence-electron chi connectivity index (χ0n) is 18.4. The monoisotopic (exact) mass is 411 g/mol.